The van der Waals surface area contributed by atoms with E-state index in [1.807, 2.05) is 13.0 Å². The zero-order chi connectivity index (χ0) is 19.6. The van der Waals surface area contributed by atoms with Crippen LogP contribution >= 0.6 is 11.6 Å². The van der Waals surface area contributed by atoms with Crippen LogP contribution in [0.3, 0.4) is 0 Å². The van der Waals surface area contributed by atoms with Crippen molar-refractivity contribution < 1.29 is 14.1 Å². The third-order valence-corrected chi connectivity index (χ3v) is 4.34. The molecule has 0 fully saturated rings. The SMILES string of the molecule is CC(=O)Nc1ccc(NC(=O)c2c(-c3ccccc3Cl)noc2C)cc1C. The molecule has 2 amide bonds. The van der Waals surface area contributed by atoms with E-state index in [4.69, 9.17) is 16.1 Å². The largest absolute Gasteiger partial charge is 0.360 e. The molecule has 0 saturated carbocycles. The third-order valence-electron chi connectivity index (χ3n) is 4.01. The van der Waals surface area contributed by atoms with E-state index in [1.165, 1.54) is 6.92 Å². The fraction of sp³-hybridized carbons (Fsp3) is 0.150. The Labute approximate surface area is 161 Å². The van der Waals surface area contributed by atoms with Gasteiger partial charge < -0.3 is 15.2 Å². The van der Waals surface area contributed by atoms with E-state index in [9.17, 15) is 9.59 Å². The number of rotatable bonds is 4. The molecule has 0 bridgehead atoms. The zero-order valence-electron chi connectivity index (χ0n) is 15.1. The highest BCUT2D eigenvalue weighted by atomic mass is 35.5. The molecular weight excluding hydrogens is 366 g/mol. The van der Waals surface area contributed by atoms with Gasteiger partial charge in [0.05, 0.1) is 5.02 Å². The molecule has 2 N–H and O–H groups in total. The van der Waals surface area contributed by atoms with Crippen LogP contribution in [0.5, 0.6) is 0 Å². The molecule has 7 heteroatoms. The van der Waals surface area contributed by atoms with Crippen molar-refractivity contribution in [1.82, 2.24) is 5.16 Å². The average Bonchev–Trinajstić information content (AvgIpc) is 2.99. The Morgan fingerprint density at radius 3 is 2.48 bits per heavy atom. The first kappa shape index (κ1) is 18.7. The number of carbonyl (C=O) groups is 2. The van der Waals surface area contributed by atoms with Crippen molar-refractivity contribution in [1.29, 1.82) is 0 Å². The third kappa shape index (κ3) is 4.01. The van der Waals surface area contributed by atoms with Crippen LogP contribution in [-0.4, -0.2) is 17.0 Å². The van der Waals surface area contributed by atoms with Crippen LogP contribution in [0.2, 0.25) is 5.02 Å². The number of carbonyl (C=O) groups excluding carboxylic acids is 2. The first-order valence-electron chi connectivity index (χ1n) is 8.27. The minimum absolute atomic E-state index is 0.153. The van der Waals surface area contributed by atoms with E-state index >= 15 is 0 Å². The molecule has 2 aromatic carbocycles. The summed E-state index contributed by atoms with van der Waals surface area (Å²) in [5.74, 6) is -0.108. The van der Waals surface area contributed by atoms with Gasteiger partial charge in [-0.15, -0.1) is 0 Å². The molecule has 0 aliphatic rings. The Kier molecular flexibility index (Phi) is 5.28. The second kappa shape index (κ2) is 7.63. The summed E-state index contributed by atoms with van der Waals surface area (Å²) < 4.78 is 5.23. The van der Waals surface area contributed by atoms with Gasteiger partial charge in [-0.1, -0.05) is 35.0 Å². The topological polar surface area (TPSA) is 84.2 Å². The van der Waals surface area contributed by atoms with Gasteiger partial charge in [0.25, 0.3) is 5.91 Å². The van der Waals surface area contributed by atoms with Crippen molar-refractivity contribution in [2.24, 2.45) is 0 Å². The zero-order valence-corrected chi connectivity index (χ0v) is 15.8. The molecule has 0 radical (unpaired) electrons. The predicted molar refractivity (Wildman–Crippen MR) is 105 cm³/mol. The normalized spacial score (nSPS) is 10.5. The van der Waals surface area contributed by atoms with Crippen molar-refractivity contribution in [3.63, 3.8) is 0 Å². The Morgan fingerprint density at radius 2 is 1.81 bits per heavy atom. The fourth-order valence-corrected chi connectivity index (χ4v) is 2.97. The van der Waals surface area contributed by atoms with E-state index in [0.29, 0.717) is 39.0 Å². The van der Waals surface area contributed by atoms with Gasteiger partial charge in [-0.3, -0.25) is 9.59 Å². The van der Waals surface area contributed by atoms with Crippen LogP contribution in [0.1, 0.15) is 28.6 Å². The van der Waals surface area contributed by atoms with Crippen LogP contribution < -0.4 is 10.6 Å². The highest BCUT2D eigenvalue weighted by molar-refractivity contribution is 6.33. The maximum atomic E-state index is 12.9. The number of anilines is 2. The molecular formula is C20H18ClN3O3. The monoisotopic (exact) mass is 383 g/mol. The van der Waals surface area contributed by atoms with Crippen LogP contribution in [-0.2, 0) is 4.79 Å². The molecule has 27 heavy (non-hydrogen) atoms. The fourth-order valence-electron chi connectivity index (χ4n) is 2.74. The summed E-state index contributed by atoms with van der Waals surface area (Å²) in [6.45, 7) is 4.97. The predicted octanol–water partition coefficient (Wildman–Crippen LogP) is 4.82. The number of hydrogen-bond donors (Lipinski definition) is 2. The first-order chi connectivity index (χ1) is 12.9. The van der Waals surface area contributed by atoms with Crippen LogP contribution in [0.15, 0.2) is 47.0 Å². The van der Waals surface area contributed by atoms with E-state index in [-0.39, 0.29) is 11.8 Å². The highest BCUT2D eigenvalue weighted by Crippen LogP contribution is 2.31. The average molecular weight is 384 g/mol. The van der Waals surface area contributed by atoms with Crippen molar-refractivity contribution in [2.75, 3.05) is 10.6 Å². The summed E-state index contributed by atoms with van der Waals surface area (Å²) >= 11 is 6.24. The summed E-state index contributed by atoms with van der Waals surface area (Å²) in [5.41, 5.74) is 3.46. The number of benzene rings is 2. The smallest absolute Gasteiger partial charge is 0.261 e. The van der Waals surface area contributed by atoms with Gasteiger partial charge in [0.15, 0.2) is 0 Å². The molecule has 138 valence electrons. The maximum Gasteiger partial charge on any atom is 0.261 e. The molecule has 0 unspecified atom stereocenters. The molecule has 0 spiro atoms. The number of hydrogen-bond acceptors (Lipinski definition) is 4. The summed E-state index contributed by atoms with van der Waals surface area (Å²) in [7, 11) is 0. The number of nitrogens with zero attached hydrogens (tertiary/aromatic N) is 1. The van der Waals surface area contributed by atoms with Gasteiger partial charge >= 0.3 is 0 Å². The lowest BCUT2D eigenvalue weighted by Gasteiger charge is -2.10. The minimum Gasteiger partial charge on any atom is -0.360 e. The second-order valence-electron chi connectivity index (χ2n) is 6.11. The minimum atomic E-state index is -0.352. The quantitative estimate of drug-likeness (QED) is 0.676. The van der Waals surface area contributed by atoms with Gasteiger partial charge in [-0.05, 0) is 43.7 Å². The molecule has 6 nitrogen and oxygen atoms in total. The summed E-state index contributed by atoms with van der Waals surface area (Å²) in [6.07, 6.45) is 0. The number of aryl methyl sites for hydroxylation is 2. The van der Waals surface area contributed by atoms with E-state index in [0.717, 1.165) is 5.56 Å². The second-order valence-corrected chi connectivity index (χ2v) is 6.51. The Morgan fingerprint density at radius 1 is 1.07 bits per heavy atom. The van der Waals surface area contributed by atoms with Gasteiger partial charge in [-0.25, -0.2) is 0 Å². The molecule has 0 atom stereocenters. The first-order valence-corrected chi connectivity index (χ1v) is 8.65. The van der Waals surface area contributed by atoms with Gasteiger partial charge in [0, 0.05) is 23.9 Å². The Hall–Kier alpha value is -3.12. The Balaban J connectivity index is 1.90. The van der Waals surface area contributed by atoms with Gasteiger partial charge in [0.2, 0.25) is 5.91 Å². The Bertz CT molecular complexity index is 1030. The van der Waals surface area contributed by atoms with Crippen molar-refractivity contribution in [2.45, 2.75) is 20.8 Å². The lowest BCUT2D eigenvalue weighted by Crippen LogP contribution is -2.14. The maximum absolute atomic E-state index is 12.9. The lowest BCUT2D eigenvalue weighted by molar-refractivity contribution is -0.114. The molecule has 3 aromatic rings. The van der Waals surface area contributed by atoms with Crippen molar-refractivity contribution in [3.05, 3.63) is 64.4 Å². The number of nitrogens with one attached hydrogen (secondary N) is 2. The van der Waals surface area contributed by atoms with E-state index in [2.05, 4.69) is 15.8 Å². The van der Waals surface area contributed by atoms with E-state index < -0.39 is 0 Å². The number of amides is 2. The van der Waals surface area contributed by atoms with Gasteiger partial charge in [0.1, 0.15) is 17.0 Å². The van der Waals surface area contributed by atoms with Crippen molar-refractivity contribution in [3.8, 4) is 11.3 Å². The van der Waals surface area contributed by atoms with Crippen LogP contribution in [0.25, 0.3) is 11.3 Å². The lowest BCUT2D eigenvalue weighted by atomic mass is 10.1. The number of halogens is 1. The summed E-state index contributed by atoms with van der Waals surface area (Å²) in [6, 6.07) is 12.4. The van der Waals surface area contributed by atoms with Crippen molar-refractivity contribution >= 4 is 34.8 Å². The molecule has 0 aliphatic carbocycles. The summed E-state index contributed by atoms with van der Waals surface area (Å²) in [5, 5.41) is 10.1. The summed E-state index contributed by atoms with van der Waals surface area (Å²) in [4.78, 5) is 24.1. The standard InChI is InChI=1S/C20H18ClN3O3/c1-11-10-14(8-9-17(11)22-13(3)25)23-20(26)18-12(2)27-24-19(18)15-6-4-5-7-16(15)21/h4-10H,1-3H3,(H,22,25)(H,23,26). The number of aromatic nitrogens is 1. The molecule has 1 heterocycles. The molecule has 1 aromatic heterocycles. The van der Waals surface area contributed by atoms with Crippen LogP contribution in [0, 0.1) is 13.8 Å². The van der Waals surface area contributed by atoms with Gasteiger partial charge in [-0.2, -0.15) is 0 Å². The van der Waals surface area contributed by atoms with Crippen LogP contribution in [0.4, 0.5) is 11.4 Å². The highest BCUT2D eigenvalue weighted by Gasteiger charge is 2.23. The van der Waals surface area contributed by atoms with E-state index in [1.54, 1.807) is 43.3 Å². The molecule has 0 aliphatic heterocycles. The molecule has 3 rings (SSSR count). The molecule has 0 saturated heterocycles.